The van der Waals surface area contributed by atoms with Crippen LogP contribution in [0.1, 0.15) is 60.3 Å². The van der Waals surface area contributed by atoms with Crippen LogP contribution in [0.4, 0.5) is 5.69 Å². The highest BCUT2D eigenvalue weighted by Gasteiger charge is 2.41. The van der Waals surface area contributed by atoms with Crippen LogP contribution in [0, 0.1) is 0 Å². The predicted molar refractivity (Wildman–Crippen MR) is 156 cm³/mol. The minimum atomic E-state index is -1.89. The quantitative estimate of drug-likeness (QED) is 0.457. The number of hydrogen-bond acceptors (Lipinski definition) is 5. The molecule has 4 rings (SSSR count). The largest absolute Gasteiger partial charge is 0.413 e. The van der Waals surface area contributed by atoms with Crippen LogP contribution in [0.2, 0.25) is 18.1 Å². The summed E-state index contributed by atoms with van der Waals surface area (Å²) in [6.45, 7) is 13.6. The Labute approximate surface area is 233 Å². The molecule has 0 spiro atoms. The lowest BCUT2D eigenvalue weighted by molar-refractivity contribution is -0.131. The maximum absolute atomic E-state index is 13.6. The minimum absolute atomic E-state index is 0.0264. The van der Waals surface area contributed by atoms with E-state index in [9.17, 15) is 14.4 Å². The zero-order chi connectivity index (χ0) is 28.5. The molecule has 0 aliphatic carbocycles. The van der Waals surface area contributed by atoms with E-state index in [0.717, 1.165) is 41.9 Å². The summed E-state index contributed by atoms with van der Waals surface area (Å²) in [7, 11) is -0.0689. The first-order valence-corrected chi connectivity index (χ1v) is 16.6. The normalized spacial score (nSPS) is 18.5. The molecule has 2 aromatic rings. The molecule has 2 aliphatic heterocycles. The Bertz CT molecular complexity index is 1260. The number of amides is 3. The predicted octanol–water partition coefficient (Wildman–Crippen LogP) is 4.12. The van der Waals surface area contributed by atoms with E-state index in [1.165, 1.54) is 0 Å². The third-order valence-electron chi connectivity index (χ3n) is 8.50. The van der Waals surface area contributed by atoms with Crippen molar-refractivity contribution in [3.05, 3.63) is 64.7 Å². The number of likely N-dealkylation sites (tertiary alicyclic amines) is 1. The number of benzene rings is 2. The molecule has 8 nitrogen and oxygen atoms in total. The maximum atomic E-state index is 13.6. The third-order valence-corrected chi connectivity index (χ3v) is 13.0. The van der Waals surface area contributed by atoms with Crippen LogP contribution in [0.15, 0.2) is 42.5 Å². The number of nitrogens with two attached hydrogens (primary N) is 1. The van der Waals surface area contributed by atoms with E-state index in [2.05, 4.69) is 44.1 Å². The van der Waals surface area contributed by atoms with Gasteiger partial charge in [0.2, 0.25) is 17.7 Å². The van der Waals surface area contributed by atoms with Gasteiger partial charge in [-0.15, -0.1) is 0 Å². The van der Waals surface area contributed by atoms with Crippen molar-refractivity contribution >= 4 is 31.7 Å². The van der Waals surface area contributed by atoms with Crippen LogP contribution in [-0.4, -0.2) is 68.6 Å². The fraction of sp³-hybridized carbons (Fsp3) is 0.500. The summed E-state index contributed by atoms with van der Waals surface area (Å²) in [6, 6.07) is 12.7. The number of fused-ring (bicyclic) bond motifs is 1. The first kappa shape index (κ1) is 29.0. The summed E-state index contributed by atoms with van der Waals surface area (Å²) >= 11 is 0. The molecule has 1 fully saturated rings. The number of hydrogen-bond donors (Lipinski definition) is 2. The Morgan fingerprint density at radius 3 is 2.64 bits per heavy atom. The molecule has 9 heteroatoms. The summed E-state index contributed by atoms with van der Waals surface area (Å²) in [4.78, 5) is 41.4. The molecular weight excluding hydrogens is 508 g/mol. The first-order chi connectivity index (χ1) is 18.2. The van der Waals surface area contributed by atoms with Crippen LogP contribution in [-0.2, 0) is 26.9 Å². The number of nitrogens with zero attached hydrogens (tertiary/aromatic N) is 2. The Morgan fingerprint density at radius 1 is 1.21 bits per heavy atom. The highest BCUT2D eigenvalue weighted by Crippen LogP contribution is 2.38. The molecule has 2 aromatic carbocycles. The molecule has 0 radical (unpaired) electrons. The summed E-state index contributed by atoms with van der Waals surface area (Å²) in [5, 5.41) is 3.00. The SMILES string of the molecule is CN(C(=O)Cc1ccc2c(c1)NC(=O)C2)[C@H](CN1CC[C@@H](O[Si](C)(C)C(C)(C)C)C1)c1cccc(C(N)=O)c1. The van der Waals surface area contributed by atoms with Crippen molar-refractivity contribution in [1.29, 1.82) is 0 Å². The smallest absolute Gasteiger partial charge is 0.248 e. The monoisotopic (exact) mass is 550 g/mol. The molecule has 0 bridgehead atoms. The Hall–Kier alpha value is -3.01. The fourth-order valence-corrected chi connectivity index (χ4v) is 6.47. The number of nitrogens with one attached hydrogen (secondary N) is 1. The standard InChI is InChI=1S/C30H42N4O4Si/c1-30(2,3)39(5,6)38-24-12-13-34(18-24)19-26(22-8-7-9-23(16-22)29(31)37)33(4)28(36)15-20-10-11-21-17-27(35)32-25(21)14-20/h7-11,14,16,24,26H,12-13,15,17-19H2,1-6H3,(H2,31,37)(H,32,35)/t24-,26-/m1/s1. The molecule has 2 heterocycles. The van der Waals surface area contributed by atoms with E-state index >= 15 is 0 Å². The molecule has 1 saturated heterocycles. The fourth-order valence-electron chi connectivity index (χ4n) is 5.09. The topological polar surface area (TPSA) is 105 Å². The van der Waals surface area contributed by atoms with Gasteiger partial charge in [-0.25, -0.2) is 0 Å². The number of carbonyl (C=O) groups is 3. The Morgan fingerprint density at radius 2 is 1.95 bits per heavy atom. The third kappa shape index (κ3) is 6.77. The number of rotatable bonds is 9. The van der Waals surface area contributed by atoms with Gasteiger partial charge in [0.1, 0.15) is 0 Å². The molecule has 2 aliphatic rings. The number of anilines is 1. The molecule has 0 unspecified atom stereocenters. The second-order valence-corrected chi connectivity index (χ2v) is 17.2. The molecular formula is C30H42N4O4Si. The lowest BCUT2D eigenvalue weighted by atomic mass is 10.0. The second-order valence-electron chi connectivity index (χ2n) is 12.5. The van der Waals surface area contributed by atoms with Crippen molar-refractivity contribution in [2.75, 3.05) is 32.0 Å². The van der Waals surface area contributed by atoms with Crippen LogP contribution in [0.5, 0.6) is 0 Å². The van der Waals surface area contributed by atoms with E-state index in [4.69, 9.17) is 10.2 Å². The molecule has 210 valence electrons. The van der Waals surface area contributed by atoms with Crippen molar-refractivity contribution in [2.24, 2.45) is 5.73 Å². The lowest BCUT2D eigenvalue weighted by Crippen LogP contribution is -2.45. The van der Waals surface area contributed by atoms with E-state index < -0.39 is 14.2 Å². The molecule has 3 N–H and O–H groups in total. The summed E-state index contributed by atoms with van der Waals surface area (Å²) in [5.74, 6) is -0.558. The van der Waals surface area contributed by atoms with Crippen molar-refractivity contribution in [1.82, 2.24) is 9.80 Å². The Kier molecular flexibility index (Phi) is 8.35. The zero-order valence-electron chi connectivity index (χ0n) is 24.0. The van der Waals surface area contributed by atoms with E-state index in [1.807, 2.05) is 37.4 Å². The van der Waals surface area contributed by atoms with E-state index in [0.29, 0.717) is 18.5 Å². The van der Waals surface area contributed by atoms with E-state index in [1.54, 1.807) is 17.0 Å². The maximum Gasteiger partial charge on any atom is 0.248 e. The average molecular weight is 551 g/mol. The zero-order valence-corrected chi connectivity index (χ0v) is 25.0. The van der Waals surface area contributed by atoms with Crippen LogP contribution in [0.3, 0.4) is 0 Å². The summed E-state index contributed by atoms with van der Waals surface area (Å²) in [6.07, 6.45) is 1.71. The number of primary amides is 1. The van der Waals surface area contributed by atoms with Gasteiger partial charge in [0.25, 0.3) is 0 Å². The van der Waals surface area contributed by atoms with Crippen molar-refractivity contribution in [3.63, 3.8) is 0 Å². The molecule has 0 aromatic heterocycles. The van der Waals surface area contributed by atoms with Gasteiger partial charge in [0.05, 0.1) is 25.0 Å². The first-order valence-electron chi connectivity index (χ1n) is 13.7. The van der Waals surface area contributed by atoms with Gasteiger partial charge < -0.3 is 20.4 Å². The van der Waals surface area contributed by atoms with Crippen molar-refractivity contribution in [2.45, 2.75) is 70.3 Å². The van der Waals surface area contributed by atoms with Gasteiger partial charge in [-0.3, -0.25) is 19.3 Å². The van der Waals surface area contributed by atoms with Crippen LogP contribution in [0.25, 0.3) is 0 Å². The number of likely N-dealkylation sites (N-methyl/N-ethyl adjacent to an activating group) is 1. The minimum Gasteiger partial charge on any atom is -0.413 e. The van der Waals surface area contributed by atoms with Gasteiger partial charge in [0, 0.05) is 37.9 Å². The molecule has 0 saturated carbocycles. The van der Waals surface area contributed by atoms with Crippen molar-refractivity contribution < 1.29 is 18.8 Å². The van der Waals surface area contributed by atoms with Crippen LogP contribution < -0.4 is 11.1 Å². The average Bonchev–Trinajstić information content (AvgIpc) is 3.45. The highest BCUT2D eigenvalue weighted by molar-refractivity contribution is 6.74. The second kappa shape index (κ2) is 11.2. The highest BCUT2D eigenvalue weighted by atomic mass is 28.4. The summed E-state index contributed by atoms with van der Waals surface area (Å²) < 4.78 is 6.69. The van der Waals surface area contributed by atoms with Crippen molar-refractivity contribution in [3.8, 4) is 0 Å². The summed E-state index contributed by atoms with van der Waals surface area (Å²) in [5.41, 5.74) is 9.46. The van der Waals surface area contributed by atoms with Crippen LogP contribution >= 0.6 is 0 Å². The molecule has 39 heavy (non-hydrogen) atoms. The van der Waals surface area contributed by atoms with Gasteiger partial charge in [-0.05, 0) is 59.4 Å². The molecule has 3 amide bonds. The van der Waals surface area contributed by atoms with Gasteiger partial charge in [-0.2, -0.15) is 0 Å². The van der Waals surface area contributed by atoms with E-state index in [-0.39, 0.29) is 35.4 Å². The van der Waals surface area contributed by atoms with Gasteiger partial charge in [0.15, 0.2) is 8.32 Å². The molecule has 2 atom stereocenters. The van der Waals surface area contributed by atoms with Gasteiger partial charge in [-0.1, -0.05) is 45.0 Å². The number of carbonyl (C=O) groups excluding carboxylic acids is 3. The lowest BCUT2D eigenvalue weighted by Gasteiger charge is -2.38. The Balaban J connectivity index is 1.51. The van der Waals surface area contributed by atoms with Gasteiger partial charge >= 0.3 is 0 Å².